The van der Waals surface area contributed by atoms with E-state index in [1.165, 1.54) is 19.2 Å². The standard InChI is InChI=1S/C17H22BFO4S/c1-16(2)17(3,4)23-18(22-16)13(10-24)8-11-6-7-12(9-14(11)19)15(20)21-5/h6-9,24H,10H2,1-5H3. The molecular weight excluding hydrogens is 330 g/mol. The molecule has 1 saturated heterocycles. The zero-order valence-electron chi connectivity index (χ0n) is 14.6. The molecule has 1 heterocycles. The SMILES string of the molecule is COC(=O)c1ccc(C=C(CS)B2OC(C)(C)C(C)(C)O2)c(F)c1. The van der Waals surface area contributed by atoms with E-state index in [0.717, 1.165) is 6.07 Å². The minimum Gasteiger partial charge on any atom is -0.465 e. The summed E-state index contributed by atoms with van der Waals surface area (Å²) in [5.74, 6) is -0.742. The molecule has 0 radical (unpaired) electrons. The van der Waals surface area contributed by atoms with Crippen molar-refractivity contribution in [1.29, 1.82) is 0 Å². The largest absolute Gasteiger partial charge is 0.491 e. The van der Waals surface area contributed by atoms with E-state index in [-0.39, 0.29) is 5.56 Å². The molecule has 1 aromatic carbocycles. The third-order valence-electron chi connectivity index (χ3n) is 4.50. The van der Waals surface area contributed by atoms with Gasteiger partial charge in [0.1, 0.15) is 5.82 Å². The highest BCUT2D eigenvalue weighted by molar-refractivity contribution is 7.80. The van der Waals surface area contributed by atoms with Crippen LogP contribution in [0.2, 0.25) is 0 Å². The number of hydrogen-bond donors (Lipinski definition) is 1. The molecule has 0 saturated carbocycles. The summed E-state index contributed by atoms with van der Waals surface area (Å²) < 4.78 is 30.8. The molecule has 0 atom stereocenters. The van der Waals surface area contributed by atoms with Crippen molar-refractivity contribution < 1.29 is 23.2 Å². The summed E-state index contributed by atoms with van der Waals surface area (Å²) in [7, 11) is 0.665. The molecule has 0 unspecified atom stereocenters. The van der Waals surface area contributed by atoms with E-state index in [4.69, 9.17) is 9.31 Å². The lowest BCUT2D eigenvalue weighted by molar-refractivity contribution is 0.00578. The van der Waals surface area contributed by atoms with E-state index >= 15 is 0 Å². The molecule has 0 aromatic heterocycles. The Morgan fingerprint density at radius 3 is 2.33 bits per heavy atom. The van der Waals surface area contributed by atoms with Gasteiger partial charge in [0.15, 0.2) is 0 Å². The number of thiol groups is 1. The van der Waals surface area contributed by atoms with Crippen LogP contribution in [0.1, 0.15) is 43.6 Å². The number of benzene rings is 1. The first kappa shape index (κ1) is 19.0. The molecule has 0 aliphatic carbocycles. The second-order valence-corrected chi connectivity index (χ2v) is 7.01. The van der Waals surface area contributed by atoms with Crippen molar-refractivity contribution >= 4 is 31.8 Å². The second kappa shape index (κ2) is 6.90. The Kier molecular flexibility index (Phi) is 5.47. The van der Waals surface area contributed by atoms with Crippen LogP contribution in [0.4, 0.5) is 4.39 Å². The van der Waals surface area contributed by atoms with Gasteiger partial charge in [0, 0.05) is 11.3 Å². The fourth-order valence-corrected chi connectivity index (χ4v) is 2.51. The van der Waals surface area contributed by atoms with Crippen LogP contribution in [0, 0.1) is 5.82 Å². The molecular formula is C17H22BFO4S. The lowest BCUT2D eigenvalue weighted by atomic mass is 9.78. The van der Waals surface area contributed by atoms with Gasteiger partial charge in [-0.15, -0.1) is 0 Å². The van der Waals surface area contributed by atoms with Crippen molar-refractivity contribution in [2.45, 2.75) is 38.9 Å². The van der Waals surface area contributed by atoms with Crippen molar-refractivity contribution in [3.05, 3.63) is 40.6 Å². The summed E-state index contributed by atoms with van der Waals surface area (Å²) in [6.07, 6.45) is 1.64. The summed E-state index contributed by atoms with van der Waals surface area (Å²) in [6.45, 7) is 7.81. The van der Waals surface area contributed by atoms with Crippen LogP contribution in [0.15, 0.2) is 23.7 Å². The Hall–Kier alpha value is -1.31. The van der Waals surface area contributed by atoms with Crippen molar-refractivity contribution in [1.82, 2.24) is 0 Å². The van der Waals surface area contributed by atoms with Crippen LogP contribution >= 0.6 is 12.6 Å². The first-order valence-electron chi connectivity index (χ1n) is 7.66. The minimum atomic E-state index is -0.591. The summed E-state index contributed by atoms with van der Waals surface area (Å²) >= 11 is 4.31. The van der Waals surface area contributed by atoms with Gasteiger partial charge in [-0.1, -0.05) is 12.1 Å². The fraction of sp³-hybridized carbons (Fsp3) is 0.471. The van der Waals surface area contributed by atoms with E-state index in [9.17, 15) is 9.18 Å². The predicted octanol–water partition coefficient (Wildman–Crippen LogP) is 3.56. The van der Waals surface area contributed by atoms with Crippen LogP contribution in [-0.2, 0) is 14.0 Å². The van der Waals surface area contributed by atoms with Crippen LogP contribution in [0.3, 0.4) is 0 Å². The number of carbonyl (C=O) groups excluding carboxylic acids is 1. The molecule has 7 heteroatoms. The Balaban J connectivity index is 2.30. The third-order valence-corrected chi connectivity index (χ3v) is 4.87. The van der Waals surface area contributed by atoms with E-state index in [1.54, 1.807) is 6.08 Å². The van der Waals surface area contributed by atoms with Crippen molar-refractivity contribution in [2.24, 2.45) is 0 Å². The highest BCUT2D eigenvalue weighted by Gasteiger charge is 2.52. The monoisotopic (exact) mass is 352 g/mol. The van der Waals surface area contributed by atoms with Crippen molar-refractivity contribution in [3.63, 3.8) is 0 Å². The number of rotatable bonds is 4. The maximum atomic E-state index is 14.3. The fourth-order valence-electron chi connectivity index (χ4n) is 2.27. The van der Waals surface area contributed by atoms with Gasteiger partial charge in [-0.3, -0.25) is 0 Å². The van der Waals surface area contributed by atoms with E-state index in [1.807, 2.05) is 27.7 Å². The Morgan fingerprint density at radius 1 is 1.29 bits per heavy atom. The average Bonchev–Trinajstić information content (AvgIpc) is 2.73. The quantitative estimate of drug-likeness (QED) is 0.511. The molecule has 130 valence electrons. The van der Waals surface area contributed by atoms with Gasteiger partial charge in [0.05, 0.1) is 23.9 Å². The van der Waals surface area contributed by atoms with Crippen LogP contribution in [0.5, 0.6) is 0 Å². The lowest BCUT2D eigenvalue weighted by Gasteiger charge is -2.32. The summed E-state index contributed by atoms with van der Waals surface area (Å²) in [5.41, 5.74) is 0.248. The van der Waals surface area contributed by atoms with Crippen molar-refractivity contribution in [3.8, 4) is 0 Å². The average molecular weight is 352 g/mol. The third kappa shape index (κ3) is 3.68. The highest BCUT2D eigenvalue weighted by atomic mass is 32.1. The zero-order valence-corrected chi connectivity index (χ0v) is 15.4. The van der Waals surface area contributed by atoms with Gasteiger partial charge in [0.25, 0.3) is 0 Å². The van der Waals surface area contributed by atoms with Gasteiger partial charge in [-0.25, -0.2) is 9.18 Å². The molecule has 0 spiro atoms. The molecule has 1 aliphatic heterocycles. The number of carbonyl (C=O) groups is 1. The molecule has 1 aliphatic rings. The normalized spacial score (nSPS) is 19.5. The molecule has 1 aromatic rings. The topological polar surface area (TPSA) is 44.8 Å². The molecule has 2 rings (SSSR count). The van der Waals surface area contributed by atoms with Crippen LogP contribution in [-0.4, -0.2) is 37.2 Å². The first-order chi connectivity index (χ1) is 11.1. The highest BCUT2D eigenvalue weighted by Crippen LogP contribution is 2.39. The van der Waals surface area contributed by atoms with E-state index in [2.05, 4.69) is 17.4 Å². The number of hydrogen-bond acceptors (Lipinski definition) is 5. The van der Waals surface area contributed by atoms with Gasteiger partial charge in [0.2, 0.25) is 0 Å². The number of esters is 1. The van der Waals surface area contributed by atoms with Crippen molar-refractivity contribution in [2.75, 3.05) is 12.9 Å². The smallest absolute Gasteiger partial charge is 0.465 e. The lowest BCUT2D eigenvalue weighted by Crippen LogP contribution is -2.41. The summed E-state index contributed by atoms with van der Waals surface area (Å²) in [6, 6.07) is 4.19. The van der Waals surface area contributed by atoms with Gasteiger partial charge in [-0.2, -0.15) is 12.6 Å². The molecule has 1 fully saturated rings. The summed E-state index contributed by atoms with van der Waals surface area (Å²) in [4.78, 5) is 11.5. The molecule has 0 bridgehead atoms. The predicted molar refractivity (Wildman–Crippen MR) is 95.7 cm³/mol. The van der Waals surface area contributed by atoms with Gasteiger partial charge >= 0.3 is 13.1 Å². The maximum absolute atomic E-state index is 14.3. The maximum Gasteiger partial charge on any atom is 0.491 e. The minimum absolute atomic E-state index is 0.162. The van der Waals surface area contributed by atoms with Gasteiger partial charge < -0.3 is 14.0 Å². The number of methoxy groups -OCH3 is 1. The number of halogens is 1. The second-order valence-electron chi connectivity index (χ2n) is 6.69. The van der Waals surface area contributed by atoms with E-state index < -0.39 is 30.1 Å². The van der Waals surface area contributed by atoms with E-state index in [0.29, 0.717) is 16.8 Å². The van der Waals surface area contributed by atoms with Crippen LogP contribution < -0.4 is 0 Å². The molecule has 24 heavy (non-hydrogen) atoms. The molecule has 0 N–H and O–H groups in total. The zero-order chi connectivity index (χ0) is 18.1. The van der Waals surface area contributed by atoms with Crippen LogP contribution in [0.25, 0.3) is 6.08 Å². The van der Waals surface area contributed by atoms with Gasteiger partial charge in [-0.05, 0) is 45.3 Å². The first-order valence-corrected chi connectivity index (χ1v) is 8.29. The Bertz CT molecular complexity index is 657. The molecule has 4 nitrogen and oxygen atoms in total. The Morgan fingerprint density at radius 2 is 1.88 bits per heavy atom. The number of ether oxygens (including phenoxy) is 1. The molecule has 0 amide bonds. The summed E-state index contributed by atoms with van der Waals surface area (Å²) in [5, 5.41) is 0. The Labute approximate surface area is 147 Å².